The number of nitrogens with one attached hydrogen (secondary N) is 1. The van der Waals surface area contributed by atoms with Crippen LogP contribution in [0.5, 0.6) is 0 Å². The van der Waals surface area contributed by atoms with Gasteiger partial charge in [0.15, 0.2) is 0 Å². The van der Waals surface area contributed by atoms with Crippen molar-refractivity contribution in [2.45, 2.75) is 12.8 Å². The Hall–Kier alpha value is -2.35. The minimum absolute atomic E-state index is 0.0726. The molecular formula is C17H17NO. The van der Waals surface area contributed by atoms with E-state index >= 15 is 0 Å². The highest BCUT2D eigenvalue weighted by Crippen LogP contribution is 2.02. The molecule has 2 nitrogen and oxygen atoms in total. The molecular weight excluding hydrogens is 234 g/mol. The smallest absolute Gasteiger partial charge is 0.255 e. The van der Waals surface area contributed by atoms with Gasteiger partial charge in [-0.25, -0.2) is 0 Å². The number of hydrogen-bond acceptors (Lipinski definition) is 1. The molecule has 0 saturated heterocycles. The van der Waals surface area contributed by atoms with E-state index in [2.05, 4.69) is 17.4 Å². The summed E-state index contributed by atoms with van der Waals surface area (Å²) >= 11 is 0. The summed E-state index contributed by atoms with van der Waals surface area (Å²) in [5.41, 5.74) is 1.98. The molecule has 0 atom stereocenters. The van der Waals surface area contributed by atoms with Crippen LogP contribution in [-0.2, 0) is 6.42 Å². The van der Waals surface area contributed by atoms with Crippen molar-refractivity contribution in [1.82, 2.24) is 5.32 Å². The minimum atomic E-state index is -0.0726. The molecule has 1 amide bonds. The maximum absolute atomic E-state index is 11.7. The van der Waals surface area contributed by atoms with Gasteiger partial charge in [0.05, 0.1) is 0 Å². The lowest BCUT2D eigenvalue weighted by Gasteiger charge is -1.99. The van der Waals surface area contributed by atoms with E-state index in [1.807, 2.05) is 42.5 Å². The summed E-state index contributed by atoms with van der Waals surface area (Å²) in [4.78, 5) is 11.7. The van der Waals surface area contributed by atoms with Crippen LogP contribution in [0.25, 0.3) is 0 Å². The fraction of sp³-hybridized carbons (Fsp3) is 0.118. The molecule has 0 fully saturated rings. The third-order valence-electron chi connectivity index (χ3n) is 2.81. The van der Waals surface area contributed by atoms with E-state index < -0.39 is 0 Å². The van der Waals surface area contributed by atoms with Gasteiger partial charge in [-0.1, -0.05) is 54.6 Å². The van der Waals surface area contributed by atoms with Crippen molar-refractivity contribution in [1.29, 1.82) is 0 Å². The molecule has 0 aliphatic carbocycles. The van der Waals surface area contributed by atoms with Gasteiger partial charge >= 0.3 is 0 Å². The van der Waals surface area contributed by atoms with Gasteiger partial charge < -0.3 is 5.32 Å². The van der Waals surface area contributed by atoms with Crippen molar-refractivity contribution < 1.29 is 4.79 Å². The van der Waals surface area contributed by atoms with E-state index in [9.17, 15) is 4.79 Å². The number of rotatable bonds is 5. The van der Waals surface area contributed by atoms with Crippen LogP contribution in [0.3, 0.4) is 0 Å². The van der Waals surface area contributed by atoms with Gasteiger partial charge in [0.2, 0.25) is 0 Å². The molecule has 0 radical (unpaired) electrons. The summed E-state index contributed by atoms with van der Waals surface area (Å²) < 4.78 is 0. The van der Waals surface area contributed by atoms with Gasteiger partial charge in [0, 0.05) is 11.8 Å². The molecule has 0 aliphatic heterocycles. The van der Waals surface area contributed by atoms with Crippen LogP contribution in [0.4, 0.5) is 0 Å². The molecule has 0 aromatic heterocycles. The Kier molecular flexibility index (Phi) is 4.94. The highest BCUT2D eigenvalue weighted by atomic mass is 16.1. The van der Waals surface area contributed by atoms with Crippen molar-refractivity contribution in [3.63, 3.8) is 0 Å². The SMILES string of the molecule is O=C(NC=CCCc1ccccc1)c1ccccc1. The highest BCUT2D eigenvalue weighted by Gasteiger charge is 2.00. The Bertz CT molecular complexity index is 532. The van der Waals surface area contributed by atoms with Crippen LogP contribution >= 0.6 is 0 Å². The highest BCUT2D eigenvalue weighted by molar-refractivity contribution is 5.94. The van der Waals surface area contributed by atoms with Crippen LogP contribution in [0.15, 0.2) is 72.9 Å². The summed E-state index contributed by atoms with van der Waals surface area (Å²) in [7, 11) is 0. The second kappa shape index (κ2) is 7.17. The van der Waals surface area contributed by atoms with E-state index in [0.717, 1.165) is 12.8 Å². The predicted octanol–water partition coefficient (Wildman–Crippen LogP) is 3.56. The number of aryl methyl sites for hydroxylation is 1. The summed E-state index contributed by atoms with van der Waals surface area (Å²) in [5, 5.41) is 2.77. The molecule has 19 heavy (non-hydrogen) atoms. The summed E-state index contributed by atoms with van der Waals surface area (Å²) in [6.45, 7) is 0. The molecule has 2 aromatic carbocycles. The van der Waals surface area contributed by atoms with Crippen LogP contribution < -0.4 is 5.32 Å². The van der Waals surface area contributed by atoms with Gasteiger partial charge in [-0.2, -0.15) is 0 Å². The van der Waals surface area contributed by atoms with Gasteiger partial charge in [0.25, 0.3) is 5.91 Å². The molecule has 2 heteroatoms. The molecule has 0 heterocycles. The average molecular weight is 251 g/mol. The number of hydrogen-bond donors (Lipinski definition) is 1. The fourth-order valence-electron chi connectivity index (χ4n) is 1.79. The number of amides is 1. The maximum Gasteiger partial charge on any atom is 0.255 e. The summed E-state index contributed by atoms with van der Waals surface area (Å²) in [6.07, 6.45) is 5.60. The molecule has 0 saturated carbocycles. The predicted molar refractivity (Wildman–Crippen MR) is 77.8 cm³/mol. The topological polar surface area (TPSA) is 29.1 Å². The first-order valence-electron chi connectivity index (χ1n) is 6.41. The standard InChI is InChI=1S/C17H17NO/c19-17(16-12-5-2-6-13-16)18-14-8-7-11-15-9-3-1-4-10-15/h1-6,8-10,12-14H,7,11H2,(H,18,19). The van der Waals surface area contributed by atoms with Gasteiger partial charge in [-0.15, -0.1) is 0 Å². The lowest BCUT2D eigenvalue weighted by Crippen LogP contribution is -2.16. The van der Waals surface area contributed by atoms with Crippen LogP contribution in [0, 0.1) is 0 Å². The zero-order chi connectivity index (χ0) is 13.3. The number of carbonyl (C=O) groups is 1. The third kappa shape index (κ3) is 4.43. The first kappa shape index (κ1) is 13.1. The quantitative estimate of drug-likeness (QED) is 0.865. The normalized spacial score (nSPS) is 10.5. The Labute approximate surface area is 113 Å². The Morgan fingerprint density at radius 3 is 2.26 bits per heavy atom. The van der Waals surface area contributed by atoms with Crippen LogP contribution in [0.1, 0.15) is 22.3 Å². The lowest BCUT2D eigenvalue weighted by molar-refractivity contribution is 0.0970. The summed E-state index contributed by atoms with van der Waals surface area (Å²) in [6, 6.07) is 19.5. The molecule has 0 unspecified atom stereocenters. The minimum Gasteiger partial charge on any atom is -0.329 e. The van der Waals surface area contributed by atoms with Crippen molar-refractivity contribution in [3.05, 3.63) is 84.1 Å². The molecule has 0 bridgehead atoms. The van der Waals surface area contributed by atoms with E-state index in [1.54, 1.807) is 18.3 Å². The van der Waals surface area contributed by atoms with E-state index in [-0.39, 0.29) is 5.91 Å². The fourth-order valence-corrected chi connectivity index (χ4v) is 1.79. The monoisotopic (exact) mass is 251 g/mol. The largest absolute Gasteiger partial charge is 0.329 e. The molecule has 2 aromatic rings. The second-order valence-electron chi connectivity index (χ2n) is 4.27. The Balaban J connectivity index is 1.74. The first-order chi connectivity index (χ1) is 9.36. The number of allylic oxidation sites excluding steroid dienone is 1. The lowest BCUT2D eigenvalue weighted by atomic mass is 10.1. The van der Waals surface area contributed by atoms with E-state index in [1.165, 1.54) is 5.56 Å². The number of benzene rings is 2. The van der Waals surface area contributed by atoms with Gasteiger partial charge in [-0.3, -0.25) is 4.79 Å². The van der Waals surface area contributed by atoms with Crippen LogP contribution in [0.2, 0.25) is 0 Å². The molecule has 2 rings (SSSR count). The van der Waals surface area contributed by atoms with Crippen molar-refractivity contribution in [3.8, 4) is 0 Å². The zero-order valence-corrected chi connectivity index (χ0v) is 10.8. The zero-order valence-electron chi connectivity index (χ0n) is 10.8. The van der Waals surface area contributed by atoms with E-state index in [0.29, 0.717) is 5.56 Å². The number of carbonyl (C=O) groups excluding carboxylic acids is 1. The van der Waals surface area contributed by atoms with E-state index in [4.69, 9.17) is 0 Å². The summed E-state index contributed by atoms with van der Waals surface area (Å²) in [5.74, 6) is -0.0726. The van der Waals surface area contributed by atoms with Crippen molar-refractivity contribution >= 4 is 5.91 Å². The van der Waals surface area contributed by atoms with Gasteiger partial charge in [0.1, 0.15) is 0 Å². The molecule has 96 valence electrons. The van der Waals surface area contributed by atoms with Crippen molar-refractivity contribution in [2.24, 2.45) is 0 Å². The van der Waals surface area contributed by atoms with Crippen LogP contribution in [-0.4, -0.2) is 5.91 Å². The maximum atomic E-state index is 11.7. The Morgan fingerprint density at radius 1 is 0.947 bits per heavy atom. The molecule has 0 aliphatic rings. The average Bonchev–Trinajstić information content (AvgIpc) is 2.49. The van der Waals surface area contributed by atoms with Gasteiger partial charge in [-0.05, 0) is 30.5 Å². The third-order valence-corrected chi connectivity index (χ3v) is 2.81. The Morgan fingerprint density at radius 2 is 1.58 bits per heavy atom. The molecule has 1 N–H and O–H groups in total. The molecule has 0 spiro atoms. The second-order valence-corrected chi connectivity index (χ2v) is 4.27. The first-order valence-corrected chi connectivity index (χ1v) is 6.41. The van der Waals surface area contributed by atoms with Crippen molar-refractivity contribution in [2.75, 3.05) is 0 Å².